The van der Waals surface area contributed by atoms with Crippen LogP contribution in [0.4, 0.5) is 0 Å². The maximum absolute atomic E-state index is 9.05. The zero-order chi connectivity index (χ0) is 13.2. The lowest BCUT2D eigenvalue weighted by Crippen LogP contribution is -2.30. The Kier molecular flexibility index (Phi) is 6.74. The second-order valence-electron chi connectivity index (χ2n) is 3.72. The fourth-order valence-electron chi connectivity index (χ4n) is 1.46. The molecule has 4 heteroatoms. The summed E-state index contributed by atoms with van der Waals surface area (Å²) in [6.07, 6.45) is 1.57. The van der Waals surface area contributed by atoms with Crippen LogP contribution < -0.4 is 5.32 Å². The number of methoxy groups -OCH3 is 2. The molecule has 96 valence electrons. The van der Waals surface area contributed by atoms with Crippen molar-refractivity contribution in [3.05, 3.63) is 41.5 Å². The molecule has 0 aromatic heterocycles. The van der Waals surface area contributed by atoms with Crippen LogP contribution in [0, 0.1) is 11.3 Å². The lowest BCUT2D eigenvalue weighted by atomic mass is 10.1. The predicted octanol–water partition coefficient (Wildman–Crippen LogP) is 1.80. The highest BCUT2D eigenvalue weighted by Crippen LogP contribution is 2.05. The Morgan fingerprint density at radius 1 is 1.33 bits per heavy atom. The van der Waals surface area contributed by atoms with Gasteiger partial charge in [0.05, 0.1) is 6.07 Å². The normalized spacial score (nSPS) is 11.6. The van der Waals surface area contributed by atoms with Crippen molar-refractivity contribution >= 4 is 6.08 Å². The van der Waals surface area contributed by atoms with E-state index in [4.69, 9.17) is 14.7 Å². The molecule has 0 bridgehead atoms. The largest absolute Gasteiger partial charge is 0.355 e. The zero-order valence-electron chi connectivity index (χ0n) is 10.7. The van der Waals surface area contributed by atoms with E-state index in [1.807, 2.05) is 36.4 Å². The van der Waals surface area contributed by atoms with E-state index in [0.29, 0.717) is 18.7 Å². The monoisotopic (exact) mass is 246 g/mol. The van der Waals surface area contributed by atoms with Crippen LogP contribution in [0.5, 0.6) is 0 Å². The SMILES string of the molecule is COC(CNC/C(C#N)=C\c1ccccc1)OC. The highest BCUT2D eigenvalue weighted by molar-refractivity contribution is 5.57. The molecule has 0 amide bonds. The lowest BCUT2D eigenvalue weighted by molar-refractivity contribution is -0.0983. The first kappa shape index (κ1) is 14.4. The van der Waals surface area contributed by atoms with E-state index >= 15 is 0 Å². The van der Waals surface area contributed by atoms with E-state index in [1.54, 1.807) is 14.2 Å². The maximum Gasteiger partial charge on any atom is 0.169 e. The van der Waals surface area contributed by atoms with Crippen LogP contribution in [-0.2, 0) is 9.47 Å². The zero-order valence-corrected chi connectivity index (χ0v) is 10.7. The molecule has 0 fully saturated rings. The molecule has 0 heterocycles. The van der Waals surface area contributed by atoms with E-state index in [2.05, 4.69) is 11.4 Å². The van der Waals surface area contributed by atoms with Gasteiger partial charge < -0.3 is 14.8 Å². The quantitative estimate of drug-likeness (QED) is 0.589. The summed E-state index contributed by atoms with van der Waals surface area (Å²) in [5.41, 5.74) is 1.69. The van der Waals surface area contributed by atoms with E-state index < -0.39 is 0 Å². The molecule has 0 aliphatic carbocycles. The molecular formula is C14H18N2O2. The van der Waals surface area contributed by atoms with Crippen LogP contribution in [0.25, 0.3) is 6.08 Å². The molecule has 1 aromatic carbocycles. The van der Waals surface area contributed by atoms with Crippen molar-refractivity contribution in [3.8, 4) is 6.07 Å². The van der Waals surface area contributed by atoms with Gasteiger partial charge >= 0.3 is 0 Å². The third kappa shape index (κ3) is 5.11. The van der Waals surface area contributed by atoms with E-state index in [9.17, 15) is 0 Å². The minimum Gasteiger partial charge on any atom is -0.355 e. The molecule has 0 atom stereocenters. The van der Waals surface area contributed by atoms with Crippen molar-refractivity contribution < 1.29 is 9.47 Å². The molecule has 1 aromatic rings. The third-order valence-corrected chi connectivity index (χ3v) is 2.44. The van der Waals surface area contributed by atoms with Gasteiger partial charge in [-0.25, -0.2) is 0 Å². The Hall–Kier alpha value is -1.67. The van der Waals surface area contributed by atoms with Gasteiger partial charge in [-0.05, 0) is 11.6 Å². The number of rotatable bonds is 7. The second-order valence-corrected chi connectivity index (χ2v) is 3.72. The van der Waals surface area contributed by atoms with Gasteiger partial charge in [0.2, 0.25) is 0 Å². The van der Waals surface area contributed by atoms with Crippen molar-refractivity contribution in [2.24, 2.45) is 0 Å². The average Bonchev–Trinajstić information content (AvgIpc) is 2.43. The molecule has 4 nitrogen and oxygen atoms in total. The number of nitrogens with one attached hydrogen (secondary N) is 1. The summed E-state index contributed by atoms with van der Waals surface area (Å²) in [7, 11) is 3.17. The first-order valence-electron chi connectivity index (χ1n) is 5.72. The summed E-state index contributed by atoms with van der Waals surface area (Å²) in [5.74, 6) is 0. The Labute approximate surface area is 108 Å². The molecule has 1 rings (SSSR count). The molecule has 18 heavy (non-hydrogen) atoms. The Morgan fingerprint density at radius 3 is 2.56 bits per heavy atom. The summed E-state index contributed by atoms with van der Waals surface area (Å²) in [5, 5.41) is 12.2. The van der Waals surface area contributed by atoms with Gasteiger partial charge in [0.25, 0.3) is 0 Å². The number of hydrogen-bond donors (Lipinski definition) is 1. The number of benzene rings is 1. The number of nitriles is 1. The molecule has 0 saturated carbocycles. The minimum absolute atomic E-state index is 0.290. The van der Waals surface area contributed by atoms with Crippen molar-refractivity contribution in [2.45, 2.75) is 6.29 Å². The number of nitrogens with zero attached hydrogens (tertiary/aromatic N) is 1. The molecule has 0 radical (unpaired) electrons. The van der Waals surface area contributed by atoms with Crippen molar-refractivity contribution in [1.82, 2.24) is 5.32 Å². The van der Waals surface area contributed by atoms with Gasteiger partial charge in [-0.3, -0.25) is 0 Å². The smallest absolute Gasteiger partial charge is 0.169 e. The second kappa shape index (κ2) is 8.43. The van der Waals surface area contributed by atoms with Crippen LogP contribution in [0.2, 0.25) is 0 Å². The average molecular weight is 246 g/mol. The van der Waals surface area contributed by atoms with E-state index in [1.165, 1.54) is 0 Å². The summed E-state index contributed by atoms with van der Waals surface area (Å²) >= 11 is 0. The fraction of sp³-hybridized carbons (Fsp3) is 0.357. The van der Waals surface area contributed by atoms with Crippen LogP contribution in [0.1, 0.15) is 5.56 Å². The molecule has 0 saturated heterocycles. The Balaban J connectivity index is 2.48. The molecular weight excluding hydrogens is 228 g/mol. The van der Waals surface area contributed by atoms with E-state index in [0.717, 1.165) is 5.56 Å². The Bertz CT molecular complexity index is 406. The van der Waals surface area contributed by atoms with Gasteiger partial charge in [0.15, 0.2) is 6.29 Å². The van der Waals surface area contributed by atoms with Crippen LogP contribution >= 0.6 is 0 Å². The molecule has 0 spiro atoms. The summed E-state index contributed by atoms with van der Waals surface area (Å²) in [4.78, 5) is 0. The molecule has 0 aliphatic rings. The standard InChI is InChI=1S/C14H18N2O2/c1-17-14(18-2)11-16-10-13(9-15)8-12-6-4-3-5-7-12/h3-8,14,16H,10-11H2,1-2H3/b13-8-. The number of hydrogen-bond acceptors (Lipinski definition) is 4. The summed E-state index contributed by atoms with van der Waals surface area (Å²) < 4.78 is 10.1. The van der Waals surface area contributed by atoms with Crippen LogP contribution in [-0.4, -0.2) is 33.6 Å². The van der Waals surface area contributed by atoms with Crippen molar-refractivity contribution in [2.75, 3.05) is 27.3 Å². The minimum atomic E-state index is -0.290. The van der Waals surface area contributed by atoms with Crippen LogP contribution in [0.15, 0.2) is 35.9 Å². The highest BCUT2D eigenvalue weighted by Gasteiger charge is 2.04. The highest BCUT2D eigenvalue weighted by atomic mass is 16.7. The van der Waals surface area contributed by atoms with Gasteiger partial charge in [-0.15, -0.1) is 0 Å². The predicted molar refractivity (Wildman–Crippen MR) is 70.7 cm³/mol. The molecule has 0 unspecified atom stereocenters. The van der Waals surface area contributed by atoms with Gasteiger partial charge in [-0.1, -0.05) is 30.3 Å². The summed E-state index contributed by atoms with van der Waals surface area (Å²) in [6.45, 7) is 1.04. The maximum atomic E-state index is 9.05. The molecule has 0 aliphatic heterocycles. The van der Waals surface area contributed by atoms with Gasteiger partial charge in [0.1, 0.15) is 0 Å². The van der Waals surface area contributed by atoms with E-state index in [-0.39, 0.29) is 6.29 Å². The van der Waals surface area contributed by atoms with Crippen molar-refractivity contribution in [3.63, 3.8) is 0 Å². The Morgan fingerprint density at radius 2 is 2.00 bits per heavy atom. The van der Waals surface area contributed by atoms with Crippen molar-refractivity contribution in [1.29, 1.82) is 5.26 Å². The first-order valence-corrected chi connectivity index (χ1v) is 5.72. The van der Waals surface area contributed by atoms with Gasteiger partial charge in [-0.2, -0.15) is 5.26 Å². The topological polar surface area (TPSA) is 54.3 Å². The fourth-order valence-corrected chi connectivity index (χ4v) is 1.46. The van der Waals surface area contributed by atoms with Crippen LogP contribution in [0.3, 0.4) is 0 Å². The lowest BCUT2D eigenvalue weighted by Gasteiger charge is -2.13. The third-order valence-electron chi connectivity index (χ3n) is 2.44. The number of ether oxygens (including phenoxy) is 2. The van der Waals surface area contributed by atoms with Gasteiger partial charge in [0, 0.05) is 32.9 Å². The first-order chi connectivity index (χ1) is 8.80. The summed E-state index contributed by atoms with van der Waals surface area (Å²) in [6, 6.07) is 11.9. The molecule has 1 N–H and O–H groups in total.